The van der Waals surface area contributed by atoms with Gasteiger partial charge in [-0.2, -0.15) is 0 Å². The predicted octanol–water partition coefficient (Wildman–Crippen LogP) is 4.62. The Hall–Kier alpha value is -2.79. The molecule has 0 fully saturated rings. The van der Waals surface area contributed by atoms with Crippen LogP contribution in [-0.4, -0.2) is 14.5 Å². The molecular weight excluding hydrogens is 346 g/mol. The Morgan fingerprint density at radius 3 is 2.19 bits per heavy atom. The molecule has 1 atom stereocenters. The van der Waals surface area contributed by atoms with Crippen LogP contribution in [0.1, 0.15) is 12.5 Å². The van der Waals surface area contributed by atoms with Gasteiger partial charge in [0.1, 0.15) is 11.5 Å². The van der Waals surface area contributed by atoms with Crippen LogP contribution in [0.2, 0.25) is 0 Å². The van der Waals surface area contributed by atoms with Gasteiger partial charge in [0.2, 0.25) is 0 Å². The number of hydrogen-bond acceptors (Lipinski definition) is 3. The van der Waals surface area contributed by atoms with E-state index >= 15 is 0 Å². The number of hydrogen-bond donors (Lipinski definition) is 0. The fourth-order valence-corrected chi connectivity index (χ4v) is 5.01. The molecule has 0 spiro atoms. The second-order valence-corrected chi connectivity index (χ2v) is 8.18. The van der Waals surface area contributed by atoms with Crippen molar-refractivity contribution in [3.63, 3.8) is 0 Å². The van der Waals surface area contributed by atoms with Gasteiger partial charge in [-0.3, -0.25) is 4.31 Å². The molecule has 132 valence electrons. The van der Waals surface area contributed by atoms with Crippen molar-refractivity contribution in [1.29, 1.82) is 0 Å². The van der Waals surface area contributed by atoms with E-state index in [0.29, 0.717) is 11.5 Å². The first-order chi connectivity index (χ1) is 12.6. The summed E-state index contributed by atoms with van der Waals surface area (Å²) >= 11 is 0. The van der Waals surface area contributed by atoms with Crippen LogP contribution in [-0.2, 0) is 16.4 Å². The van der Waals surface area contributed by atoms with E-state index in [4.69, 9.17) is 4.74 Å². The van der Waals surface area contributed by atoms with Crippen LogP contribution in [0.3, 0.4) is 0 Å². The number of sulfonamides is 1. The second-order valence-electron chi connectivity index (χ2n) is 6.37. The molecule has 3 aromatic carbocycles. The smallest absolute Gasteiger partial charge is 0.264 e. The minimum absolute atomic E-state index is 0.0994. The molecule has 0 radical (unpaired) electrons. The van der Waals surface area contributed by atoms with Gasteiger partial charge in [0, 0.05) is 6.04 Å². The van der Waals surface area contributed by atoms with E-state index in [1.54, 1.807) is 24.3 Å². The first-order valence-corrected chi connectivity index (χ1v) is 9.95. The highest BCUT2D eigenvalue weighted by Crippen LogP contribution is 2.36. The zero-order valence-corrected chi connectivity index (χ0v) is 15.2. The van der Waals surface area contributed by atoms with Gasteiger partial charge in [0.05, 0.1) is 10.6 Å². The van der Waals surface area contributed by atoms with Crippen molar-refractivity contribution < 1.29 is 13.2 Å². The monoisotopic (exact) mass is 365 g/mol. The van der Waals surface area contributed by atoms with Crippen molar-refractivity contribution >= 4 is 15.7 Å². The Balaban J connectivity index is 1.63. The third kappa shape index (κ3) is 2.95. The standard InChI is InChI=1S/C21H19NO3S/c1-16-15-17-7-5-6-10-21(17)22(16)26(23,24)20-13-11-19(12-14-20)25-18-8-3-2-4-9-18/h2-14,16H,15H2,1H3/t16-/m0/s1. The minimum Gasteiger partial charge on any atom is -0.457 e. The summed E-state index contributed by atoms with van der Waals surface area (Å²) in [5.74, 6) is 1.32. The van der Waals surface area contributed by atoms with Crippen molar-refractivity contribution in [3.8, 4) is 11.5 Å². The molecule has 3 aromatic rings. The fourth-order valence-electron chi connectivity index (χ4n) is 3.32. The van der Waals surface area contributed by atoms with Gasteiger partial charge in [-0.15, -0.1) is 0 Å². The summed E-state index contributed by atoms with van der Waals surface area (Å²) in [6, 6.07) is 23.5. The van der Waals surface area contributed by atoms with Gasteiger partial charge in [0.25, 0.3) is 10.0 Å². The maximum atomic E-state index is 13.2. The minimum atomic E-state index is -3.61. The van der Waals surface area contributed by atoms with Crippen LogP contribution in [0.5, 0.6) is 11.5 Å². The third-order valence-corrected chi connectivity index (χ3v) is 6.45. The zero-order valence-electron chi connectivity index (χ0n) is 14.4. The molecule has 0 amide bonds. The van der Waals surface area contributed by atoms with Gasteiger partial charge in [-0.25, -0.2) is 8.42 Å². The van der Waals surface area contributed by atoms with Crippen molar-refractivity contribution in [3.05, 3.63) is 84.4 Å². The SMILES string of the molecule is C[C@H]1Cc2ccccc2N1S(=O)(=O)c1ccc(Oc2ccccc2)cc1. The molecule has 1 heterocycles. The fraction of sp³-hybridized carbons (Fsp3) is 0.143. The lowest BCUT2D eigenvalue weighted by Crippen LogP contribution is -2.35. The van der Waals surface area contributed by atoms with E-state index in [1.807, 2.05) is 61.5 Å². The predicted molar refractivity (Wildman–Crippen MR) is 102 cm³/mol. The molecule has 0 N–H and O–H groups in total. The molecule has 26 heavy (non-hydrogen) atoms. The van der Waals surface area contributed by atoms with Gasteiger partial charge in [-0.05, 0) is 61.4 Å². The highest BCUT2D eigenvalue weighted by Gasteiger charge is 2.35. The van der Waals surface area contributed by atoms with E-state index in [1.165, 1.54) is 4.31 Å². The van der Waals surface area contributed by atoms with Gasteiger partial charge in [-0.1, -0.05) is 36.4 Å². The molecule has 1 aliphatic rings. The van der Waals surface area contributed by atoms with E-state index in [2.05, 4.69) is 0 Å². The van der Waals surface area contributed by atoms with Crippen molar-refractivity contribution in [2.75, 3.05) is 4.31 Å². The Morgan fingerprint density at radius 1 is 0.846 bits per heavy atom. The Bertz CT molecular complexity index is 1010. The quantitative estimate of drug-likeness (QED) is 0.678. The lowest BCUT2D eigenvalue weighted by Gasteiger charge is -2.24. The molecule has 0 saturated heterocycles. The van der Waals surface area contributed by atoms with Crippen LogP contribution >= 0.6 is 0 Å². The second kappa shape index (κ2) is 6.50. The molecule has 4 rings (SSSR count). The van der Waals surface area contributed by atoms with E-state index < -0.39 is 10.0 Å². The normalized spacial score (nSPS) is 16.3. The average Bonchev–Trinajstić information content (AvgIpc) is 2.99. The summed E-state index contributed by atoms with van der Waals surface area (Å²) in [5.41, 5.74) is 1.83. The summed E-state index contributed by atoms with van der Waals surface area (Å²) in [6.07, 6.45) is 0.727. The molecule has 0 unspecified atom stereocenters. The van der Waals surface area contributed by atoms with E-state index in [-0.39, 0.29) is 10.9 Å². The molecule has 0 saturated carbocycles. The number of rotatable bonds is 4. The first kappa shape index (κ1) is 16.7. The molecule has 0 aromatic heterocycles. The zero-order chi connectivity index (χ0) is 18.1. The van der Waals surface area contributed by atoms with Crippen molar-refractivity contribution in [2.24, 2.45) is 0 Å². The number of nitrogens with zero attached hydrogens (tertiary/aromatic N) is 1. The van der Waals surface area contributed by atoms with Gasteiger partial charge < -0.3 is 4.74 Å². The molecule has 4 nitrogen and oxygen atoms in total. The number of para-hydroxylation sites is 2. The summed E-state index contributed by atoms with van der Waals surface area (Å²) in [5, 5.41) is 0. The summed E-state index contributed by atoms with van der Waals surface area (Å²) in [4.78, 5) is 0.265. The number of anilines is 1. The third-order valence-electron chi connectivity index (χ3n) is 4.50. The molecule has 0 bridgehead atoms. The Labute approximate surface area is 153 Å². The molecule has 1 aliphatic heterocycles. The van der Waals surface area contributed by atoms with E-state index in [9.17, 15) is 8.42 Å². The van der Waals surface area contributed by atoms with Crippen molar-refractivity contribution in [2.45, 2.75) is 24.3 Å². The number of fused-ring (bicyclic) bond motifs is 1. The highest BCUT2D eigenvalue weighted by atomic mass is 32.2. The van der Waals surface area contributed by atoms with Crippen LogP contribution in [0.15, 0.2) is 83.8 Å². The number of benzene rings is 3. The van der Waals surface area contributed by atoms with Crippen LogP contribution in [0.25, 0.3) is 0 Å². The van der Waals surface area contributed by atoms with Crippen molar-refractivity contribution in [1.82, 2.24) is 0 Å². The molecular formula is C21H19NO3S. The summed E-state index contributed by atoms with van der Waals surface area (Å²) in [6.45, 7) is 1.93. The lowest BCUT2D eigenvalue weighted by atomic mass is 10.1. The summed E-state index contributed by atoms with van der Waals surface area (Å²) < 4.78 is 33.6. The summed E-state index contributed by atoms with van der Waals surface area (Å²) in [7, 11) is -3.61. The lowest BCUT2D eigenvalue weighted by molar-refractivity contribution is 0.482. The highest BCUT2D eigenvalue weighted by molar-refractivity contribution is 7.92. The van der Waals surface area contributed by atoms with E-state index in [0.717, 1.165) is 17.7 Å². The first-order valence-electron chi connectivity index (χ1n) is 8.51. The maximum Gasteiger partial charge on any atom is 0.264 e. The largest absolute Gasteiger partial charge is 0.457 e. The molecule has 5 heteroatoms. The topological polar surface area (TPSA) is 46.6 Å². The van der Waals surface area contributed by atoms with Gasteiger partial charge >= 0.3 is 0 Å². The average molecular weight is 365 g/mol. The van der Waals surface area contributed by atoms with Crippen LogP contribution in [0, 0.1) is 0 Å². The Kier molecular flexibility index (Phi) is 4.17. The van der Waals surface area contributed by atoms with Crippen LogP contribution < -0.4 is 9.04 Å². The van der Waals surface area contributed by atoms with Crippen LogP contribution in [0.4, 0.5) is 5.69 Å². The maximum absolute atomic E-state index is 13.2. The Morgan fingerprint density at radius 2 is 1.46 bits per heavy atom. The number of ether oxygens (including phenoxy) is 1. The molecule has 0 aliphatic carbocycles. The van der Waals surface area contributed by atoms with Gasteiger partial charge in [0.15, 0.2) is 0 Å².